The molecule has 2 amide bonds. The molecule has 0 spiro atoms. The number of alkyl halides is 3. The Hall–Kier alpha value is -3.27. The lowest BCUT2D eigenvalue weighted by molar-refractivity contribution is -0.141. The van der Waals surface area contributed by atoms with E-state index in [4.69, 9.17) is 0 Å². The molecule has 2 heterocycles. The second-order valence-electron chi connectivity index (χ2n) is 7.09. The molecule has 10 heteroatoms. The van der Waals surface area contributed by atoms with Crippen molar-refractivity contribution in [2.24, 2.45) is 0 Å². The van der Waals surface area contributed by atoms with Gasteiger partial charge in [0.25, 0.3) is 11.8 Å². The van der Waals surface area contributed by atoms with Crippen molar-refractivity contribution in [1.29, 1.82) is 0 Å². The predicted octanol–water partition coefficient (Wildman–Crippen LogP) is 4.71. The van der Waals surface area contributed by atoms with Crippen molar-refractivity contribution in [3.63, 3.8) is 0 Å². The molecule has 0 bridgehead atoms. The Kier molecular flexibility index (Phi) is 5.48. The fraction of sp³-hybridized carbons (Fsp3) is 0.238. The van der Waals surface area contributed by atoms with Crippen LogP contribution in [0.3, 0.4) is 0 Å². The summed E-state index contributed by atoms with van der Waals surface area (Å²) in [5, 5.41) is 5.08. The van der Waals surface area contributed by atoms with Gasteiger partial charge in [0, 0.05) is 35.6 Å². The van der Waals surface area contributed by atoms with Crippen molar-refractivity contribution in [2.45, 2.75) is 24.9 Å². The molecule has 1 saturated carbocycles. The molecule has 6 nitrogen and oxygen atoms in total. The van der Waals surface area contributed by atoms with Crippen LogP contribution in [0.4, 0.5) is 18.9 Å². The van der Waals surface area contributed by atoms with E-state index in [-0.39, 0.29) is 17.5 Å². The maximum absolute atomic E-state index is 12.9. The number of nitrogens with zero attached hydrogens (tertiary/aromatic N) is 2. The molecule has 2 aromatic heterocycles. The Bertz CT molecular complexity index is 1140. The molecule has 1 aromatic carbocycles. The third-order valence-electron chi connectivity index (χ3n) is 4.88. The van der Waals surface area contributed by atoms with Crippen molar-refractivity contribution in [2.75, 3.05) is 12.4 Å². The van der Waals surface area contributed by atoms with Crippen LogP contribution >= 0.6 is 11.5 Å². The van der Waals surface area contributed by atoms with Crippen molar-refractivity contribution >= 4 is 29.0 Å². The van der Waals surface area contributed by atoms with Gasteiger partial charge in [0.15, 0.2) is 0 Å². The minimum atomic E-state index is -4.60. The summed E-state index contributed by atoms with van der Waals surface area (Å²) < 4.78 is 43.1. The summed E-state index contributed by atoms with van der Waals surface area (Å²) in [5.41, 5.74) is 1.67. The van der Waals surface area contributed by atoms with Crippen molar-refractivity contribution in [1.82, 2.24) is 14.7 Å². The minimum Gasteiger partial charge on any atom is -0.355 e. The van der Waals surface area contributed by atoms with Crippen molar-refractivity contribution in [3.8, 4) is 11.3 Å². The van der Waals surface area contributed by atoms with Crippen LogP contribution in [0.5, 0.6) is 0 Å². The van der Waals surface area contributed by atoms with Gasteiger partial charge in [0.05, 0.1) is 5.69 Å². The molecule has 1 aliphatic rings. The quantitative estimate of drug-likeness (QED) is 0.594. The van der Waals surface area contributed by atoms with E-state index >= 15 is 0 Å². The number of amides is 2. The summed E-state index contributed by atoms with van der Waals surface area (Å²) >= 11 is 1.01. The zero-order valence-electron chi connectivity index (χ0n) is 16.3. The molecule has 160 valence electrons. The number of hydrogen-bond acceptors (Lipinski definition) is 5. The predicted molar refractivity (Wildman–Crippen MR) is 110 cm³/mol. The first-order chi connectivity index (χ1) is 14.8. The second-order valence-corrected chi connectivity index (χ2v) is 7.86. The summed E-state index contributed by atoms with van der Waals surface area (Å²) in [4.78, 5) is 28.3. The van der Waals surface area contributed by atoms with Gasteiger partial charge in [-0.1, -0.05) is 12.1 Å². The molecule has 1 aliphatic carbocycles. The fourth-order valence-electron chi connectivity index (χ4n) is 3.19. The van der Waals surface area contributed by atoms with Gasteiger partial charge in [0.1, 0.15) is 10.6 Å². The highest BCUT2D eigenvalue weighted by Gasteiger charge is 2.35. The first kappa shape index (κ1) is 21.0. The molecule has 0 aliphatic heterocycles. The molecule has 0 unspecified atom stereocenters. The highest BCUT2D eigenvalue weighted by atomic mass is 32.1. The van der Waals surface area contributed by atoms with E-state index in [2.05, 4.69) is 20.0 Å². The highest BCUT2D eigenvalue weighted by molar-refractivity contribution is 7.08. The number of anilines is 1. The Morgan fingerprint density at radius 3 is 2.42 bits per heavy atom. The molecule has 0 radical (unpaired) electrons. The van der Waals surface area contributed by atoms with Gasteiger partial charge < -0.3 is 10.6 Å². The smallest absolute Gasteiger partial charge is 0.355 e. The molecule has 2 N–H and O–H groups in total. The van der Waals surface area contributed by atoms with Crippen LogP contribution in [0.15, 0.2) is 42.6 Å². The van der Waals surface area contributed by atoms with Crippen molar-refractivity contribution < 1.29 is 22.8 Å². The zero-order valence-corrected chi connectivity index (χ0v) is 17.1. The Morgan fingerprint density at radius 1 is 1.10 bits per heavy atom. The van der Waals surface area contributed by atoms with Crippen molar-refractivity contribution in [3.05, 3.63) is 64.3 Å². The standard InChI is InChI=1S/C21H17F3N4O2S/c1-25-19(29)13-6-4-12(5-7-13)17-16(11-2-3-11)18(31-28-17)20(30)27-14-8-9-26-15(10-14)21(22,23)24/h4-11H,2-3H2,1H3,(H,25,29)(H,26,27,30). The summed E-state index contributed by atoms with van der Waals surface area (Å²) in [6.07, 6.45) is -1.77. The van der Waals surface area contributed by atoms with Crippen LogP contribution in [0.1, 0.15) is 50.0 Å². The number of halogens is 3. The van der Waals surface area contributed by atoms with E-state index in [0.717, 1.165) is 47.8 Å². The van der Waals surface area contributed by atoms with Gasteiger partial charge >= 0.3 is 6.18 Å². The average Bonchev–Trinajstić information content (AvgIpc) is 3.50. The first-order valence-electron chi connectivity index (χ1n) is 9.44. The molecule has 4 rings (SSSR count). The Morgan fingerprint density at radius 2 is 1.81 bits per heavy atom. The van der Waals surface area contributed by atoms with E-state index in [1.165, 1.54) is 6.07 Å². The maximum atomic E-state index is 12.9. The minimum absolute atomic E-state index is 0.0129. The number of aromatic nitrogens is 2. The molecule has 1 fully saturated rings. The van der Waals surface area contributed by atoms with E-state index in [9.17, 15) is 22.8 Å². The second kappa shape index (κ2) is 8.10. The fourth-order valence-corrected chi connectivity index (χ4v) is 4.08. The number of rotatable bonds is 5. The topological polar surface area (TPSA) is 84.0 Å². The zero-order chi connectivity index (χ0) is 22.2. The lowest BCUT2D eigenvalue weighted by Crippen LogP contribution is -2.17. The van der Waals surface area contributed by atoms with Gasteiger partial charge in [-0.25, -0.2) is 0 Å². The van der Waals surface area contributed by atoms with E-state index in [1.54, 1.807) is 31.3 Å². The molecule has 3 aromatic rings. The van der Waals surface area contributed by atoms with Crippen LogP contribution in [-0.2, 0) is 6.18 Å². The van der Waals surface area contributed by atoms with Gasteiger partial charge in [0.2, 0.25) is 0 Å². The average molecular weight is 446 g/mol. The van der Waals surface area contributed by atoms with Crippen LogP contribution in [0.25, 0.3) is 11.3 Å². The summed E-state index contributed by atoms with van der Waals surface area (Å²) in [5.74, 6) is -0.536. The van der Waals surface area contributed by atoms with Gasteiger partial charge in [-0.2, -0.15) is 17.5 Å². The number of carbonyl (C=O) groups excluding carboxylic acids is 2. The highest BCUT2D eigenvalue weighted by Crippen LogP contribution is 2.47. The number of benzene rings is 1. The Labute approximate surface area is 179 Å². The van der Waals surface area contributed by atoms with E-state index < -0.39 is 17.8 Å². The largest absolute Gasteiger partial charge is 0.433 e. The first-order valence-corrected chi connectivity index (χ1v) is 10.2. The SMILES string of the molecule is CNC(=O)c1ccc(-c2nsc(C(=O)Nc3ccnc(C(F)(F)F)c3)c2C2CC2)cc1. The summed E-state index contributed by atoms with van der Waals surface area (Å²) in [7, 11) is 1.55. The summed E-state index contributed by atoms with van der Waals surface area (Å²) in [6, 6.07) is 9.01. The lowest BCUT2D eigenvalue weighted by atomic mass is 10.0. The van der Waals surface area contributed by atoms with Crippen LogP contribution in [0, 0.1) is 0 Å². The third kappa shape index (κ3) is 4.43. The van der Waals surface area contributed by atoms with E-state index in [1.807, 2.05) is 0 Å². The normalized spacial score (nSPS) is 13.7. The third-order valence-corrected chi connectivity index (χ3v) is 5.74. The van der Waals surface area contributed by atoms with Crippen LogP contribution in [-0.4, -0.2) is 28.2 Å². The maximum Gasteiger partial charge on any atom is 0.433 e. The lowest BCUT2D eigenvalue weighted by Gasteiger charge is -2.09. The number of nitrogens with one attached hydrogen (secondary N) is 2. The van der Waals surface area contributed by atoms with Gasteiger partial charge in [-0.3, -0.25) is 14.6 Å². The van der Waals surface area contributed by atoms with E-state index in [0.29, 0.717) is 16.1 Å². The molecular formula is C21H17F3N4O2S. The number of hydrogen-bond donors (Lipinski definition) is 2. The number of carbonyl (C=O) groups is 2. The number of pyridine rings is 1. The van der Waals surface area contributed by atoms with Crippen LogP contribution < -0.4 is 10.6 Å². The molecule has 0 atom stereocenters. The van der Waals surface area contributed by atoms with Gasteiger partial charge in [-0.05, 0) is 54.6 Å². The molecular weight excluding hydrogens is 429 g/mol. The molecule has 0 saturated heterocycles. The molecule has 31 heavy (non-hydrogen) atoms. The monoisotopic (exact) mass is 446 g/mol. The summed E-state index contributed by atoms with van der Waals surface area (Å²) in [6.45, 7) is 0. The Balaban J connectivity index is 1.62. The van der Waals surface area contributed by atoms with Gasteiger partial charge in [-0.15, -0.1) is 0 Å². The van der Waals surface area contributed by atoms with Crippen LogP contribution in [0.2, 0.25) is 0 Å².